The molecule has 0 aliphatic carbocycles. The number of aliphatic carboxylic acids is 1. The minimum absolute atomic E-state index is 0.0379. The highest BCUT2D eigenvalue weighted by molar-refractivity contribution is 7.89. The lowest BCUT2D eigenvalue weighted by Crippen LogP contribution is -2.48. The van der Waals surface area contributed by atoms with Crippen LogP contribution in [0, 0.1) is 6.92 Å². The van der Waals surface area contributed by atoms with E-state index in [1.807, 2.05) is 0 Å². The number of carbonyl (C=O) groups excluding carboxylic acids is 2. The number of hydrogen-bond acceptors (Lipinski definition) is 9. The number of carboxylic acid groups (broad SMARTS) is 1. The minimum Gasteiger partial charge on any atom is -0.494 e. The second-order valence-corrected chi connectivity index (χ2v) is 12.1. The average Bonchev–Trinajstić information content (AvgIpc) is 3.51. The summed E-state index contributed by atoms with van der Waals surface area (Å²) < 4.78 is 35.5. The van der Waals surface area contributed by atoms with Crippen molar-refractivity contribution >= 4 is 44.5 Å². The van der Waals surface area contributed by atoms with Crippen molar-refractivity contribution in [1.82, 2.24) is 24.6 Å². The van der Waals surface area contributed by atoms with Crippen LogP contribution in [0.1, 0.15) is 41.3 Å². The first-order valence-corrected chi connectivity index (χ1v) is 15.5. The molecule has 1 amide bonds. The third-order valence-electron chi connectivity index (χ3n) is 6.90. The summed E-state index contributed by atoms with van der Waals surface area (Å²) in [7, 11) is -2.66. The van der Waals surface area contributed by atoms with Gasteiger partial charge >= 0.3 is 5.97 Å². The van der Waals surface area contributed by atoms with Crippen LogP contribution in [-0.2, 0) is 33.2 Å². The number of nitrogens with zero attached hydrogens (tertiary/aromatic N) is 2. The Kier molecular flexibility index (Phi) is 10.4. The molecule has 2 heterocycles. The zero-order chi connectivity index (χ0) is 32.7. The summed E-state index contributed by atoms with van der Waals surface area (Å²) in [6.45, 7) is 3.10. The summed E-state index contributed by atoms with van der Waals surface area (Å²) in [4.78, 5) is 56.1. The van der Waals surface area contributed by atoms with E-state index in [4.69, 9.17) is 4.74 Å². The van der Waals surface area contributed by atoms with Crippen molar-refractivity contribution in [2.24, 2.45) is 7.05 Å². The molecule has 0 radical (unpaired) electrons. The Morgan fingerprint density at radius 1 is 1.16 bits per heavy atom. The fraction of sp³-hybridized carbons (Fsp3) is 0.300. The highest BCUT2D eigenvalue weighted by Crippen LogP contribution is 2.22. The van der Waals surface area contributed by atoms with E-state index in [1.165, 1.54) is 38.2 Å². The lowest BCUT2D eigenvalue weighted by Gasteiger charge is -2.17. The molecule has 45 heavy (non-hydrogen) atoms. The number of ether oxygens (including phenoxy) is 1. The fourth-order valence-corrected chi connectivity index (χ4v) is 6.01. The molecule has 15 heteroatoms. The number of pyridine rings is 1. The molecular formula is C30H34N6O8S. The third-order valence-corrected chi connectivity index (χ3v) is 8.53. The van der Waals surface area contributed by atoms with Crippen molar-refractivity contribution in [3.63, 3.8) is 0 Å². The molecule has 14 nitrogen and oxygen atoms in total. The number of aryl methyl sites for hydroxylation is 2. The predicted molar refractivity (Wildman–Crippen MR) is 166 cm³/mol. The van der Waals surface area contributed by atoms with E-state index in [0.717, 1.165) is 5.56 Å². The molecule has 2 aromatic heterocycles. The minimum atomic E-state index is -4.33. The van der Waals surface area contributed by atoms with Crippen LogP contribution in [0.3, 0.4) is 0 Å². The van der Waals surface area contributed by atoms with Gasteiger partial charge in [0.05, 0.1) is 17.0 Å². The highest BCUT2D eigenvalue weighted by atomic mass is 32.2. The number of aromatic amines is 1. The normalized spacial score (nSPS) is 12.1. The van der Waals surface area contributed by atoms with E-state index in [9.17, 15) is 32.7 Å². The zero-order valence-electron chi connectivity index (χ0n) is 24.9. The van der Waals surface area contributed by atoms with Crippen molar-refractivity contribution in [2.45, 2.75) is 44.2 Å². The first kappa shape index (κ1) is 32.9. The van der Waals surface area contributed by atoms with Crippen LogP contribution < -0.4 is 25.5 Å². The zero-order valence-corrected chi connectivity index (χ0v) is 25.7. The number of imidazole rings is 1. The van der Waals surface area contributed by atoms with Gasteiger partial charge in [0.1, 0.15) is 23.1 Å². The maximum atomic E-state index is 13.2. The van der Waals surface area contributed by atoms with Gasteiger partial charge in [0.25, 0.3) is 5.91 Å². The monoisotopic (exact) mass is 638 g/mol. The van der Waals surface area contributed by atoms with Gasteiger partial charge in [-0.2, -0.15) is 4.72 Å². The molecule has 238 valence electrons. The molecule has 0 saturated heterocycles. The summed E-state index contributed by atoms with van der Waals surface area (Å²) in [5.74, 6) is -1.35. The van der Waals surface area contributed by atoms with Crippen molar-refractivity contribution in [3.8, 4) is 5.75 Å². The van der Waals surface area contributed by atoms with E-state index in [-0.39, 0.29) is 28.2 Å². The molecule has 0 bridgehead atoms. The average molecular weight is 639 g/mol. The first-order chi connectivity index (χ1) is 21.4. The van der Waals surface area contributed by atoms with E-state index in [1.54, 1.807) is 42.2 Å². The SMILES string of the molecule is CC(=O)CCCOc1ccc(S(=O)(=O)NC(CNC(=O)c2cn(C)c3cc(CNc4ncc[nH]4)ccc3c2=O)C(=O)O)c(C)c1. The number of hydrogen-bond donors (Lipinski definition) is 5. The topological polar surface area (TPSA) is 202 Å². The lowest BCUT2D eigenvalue weighted by atomic mass is 10.1. The van der Waals surface area contributed by atoms with Gasteiger partial charge in [-0.15, -0.1) is 0 Å². The maximum Gasteiger partial charge on any atom is 0.323 e. The van der Waals surface area contributed by atoms with Crippen LogP contribution in [0.2, 0.25) is 0 Å². The molecule has 0 aliphatic rings. The summed E-state index contributed by atoms with van der Waals surface area (Å²) >= 11 is 0. The van der Waals surface area contributed by atoms with Gasteiger partial charge in [-0.05, 0) is 61.7 Å². The largest absolute Gasteiger partial charge is 0.494 e. The molecule has 4 rings (SSSR count). The number of carboxylic acids is 1. The van der Waals surface area contributed by atoms with Crippen LogP contribution in [0.15, 0.2) is 64.7 Å². The Morgan fingerprint density at radius 3 is 2.60 bits per heavy atom. The van der Waals surface area contributed by atoms with Crippen LogP contribution in [0.4, 0.5) is 5.95 Å². The standard InChI is InChI=1S/C30H34N6O8S/c1-18-13-21(44-12-4-5-19(2)37)7-9-26(18)45(42,43)35-24(29(40)41)16-33-28(39)23-17-36(3)25-14-20(6-8-22(25)27(23)38)15-34-30-31-10-11-32-30/h6-11,13-14,17,24,35H,4-5,12,15-16H2,1-3H3,(H,33,39)(H,40,41)(H2,31,32,34). The van der Waals surface area contributed by atoms with Crippen LogP contribution >= 0.6 is 0 Å². The molecule has 5 N–H and O–H groups in total. The highest BCUT2D eigenvalue weighted by Gasteiger charge is 2.28. The molecule has 0 fully saturated rings. The number of H-pyrrole nitrogens is 1. The number of nitrogens with one attached hydrogen (secondary N) is 4. The van der Waals surface area contributed by atoms with Gasteiger partial charge in [-0.1, -0.05) is 6.07 Å². The molecule has 2 aromatic carbocycles. The smallest absolute Gasteiger partial charge is 0.323 e. The van der Waals surface area contributed by atoms with Gasteiger partial charge < -0.3 is 34.8 Å². The number of sulfonamides is 1. The van der Waals surface area contributed by atoms with E-state index in [0.29, 0.717) is 42.2 Å². The summed E-state index contributed by atoms with van der Waals surface area (Å²) in [6, 6.07) is 7.63. The number of amides is 1. The van der Waals surface area contributed by atoms with Crippen molar-refractivity contribution in [2.75, 3.05) is 18.5 Å². The lowest BCUT2D eigenvalue weighted by molar-refractivity contribution is -0.138. The number of aromatic nitrogens is 3. The van der Waals surface area contributed by atoms with E-state index in [2.05, 4.69) is 25.3 Å². The molecule has 4 aromatic rings. The first-order valence-electron chi connectivity index (χ1n) is 14.0. The quantitative estimate of drug-likeness (QED) is 0.120. The Balaban J connectivity index is 1.43. The number of fused-ring (bicyclic) bond motifs is 1. The number of benzene rings is 2. The Hall–Kier alpha value is -5.02. The van der Waals surface area contributed by atoms with Crippen LogP contribution in [0.5, 0.6) is 5.75 Å². The van der Waals surface area contributed by atoms with E-state index < -0.39 is 39.9 Å². The molecule has 1 unspecified atom stereocenters. The third kappa shape index (κ3) is 8.33. The molecule has 0 aliphatic heterocycles. The molecule has 0 spiro atoms. The van der Waals surface area contributed by atoms with Gasteiger partial charge in [-0.25, -0.2) is 13.4 Å². The number of ketones is 1. The Morgan fingerprint density at radius 2 is 1.93 bits per heavy atom. The number of rotatable bonds is 15. The number of carbonyl (C=O) groups is 3. The van der Waals surface area contributed by atoms with Crippen molar-refractivity contribution in [3.05, 3.63) is 81.9 Å². The molecular weight excluding hydrogens is 604 g/mol. The number of anilines is 1. The van der Waals surface area contributed by atoms with E-state index >= 15 is 0 Å². The summed E-state index contributed by atoms with van der Waals surface area (Å²) in [6.07, 6.45) is 5.52. The van der Waals surface area contributed by atoms with Crippen LogP contribution in [0.25, 0.3) is 10.9 Å². The Bertz CT molecular complexity index is 1890. The predicted octanol–water partition coefficient (Wildman–Crippen LogP) is 2.09. The molecule has 1 atom stereocenters. The summed E-state index contributed by atoms with van der Waals surface area (Å²) in [5, 5.41) is 15.5. The van der Waals surface area contributed by atoms with Crippen molar-refractivity contribution in [1.29, 1.82) is 0 Å². The molecule has 0 saturated carbocycles. The van der Waals surface area contributed by atoms with Gasteiger partial charge in [0.15, 0.2) is 5.95 Å². The maximum absolute atomic E-state index is 13.2. The van der Waals surface area contributed by atoms with Crippen LogP contribution in [-0.4, -0.2) is 64.9 Å². The summed E-state index contributed by atoms with van der Waals surface area (Å²) in [5.41, 5.74) is 0.962. The fourth-order valence-electron chi connectivity index (χ4n) is 4.59. The second kappa shape index (κ2) is 14.2. The Labute approximate surface area is 258 Å². The number of Topliss-reactive ketones (excluding diaryl/α,β-unsaturated/α-hetero) is 1. The second-order valence-electron chi connectivity index (χ2n) is 10.4. The van der Waals surface area contributed by atoms with Crippen molar-refractivity contribution < 1.29 is 32.6 Å². The van der Waals surface area contributed by atoms with Gasteiger partial charge in [-0.3, -0.25) is 14.4 Å². The van der Waals surface area contributed by atoms with Gasteiger partial charge in [0, 0.05) is 50.5 Å². The van der Waals surface area contributed by atoms with Gasteiger partial charge in [0.2, 0.25) is 15.5 Å².